The first-order valence-electron chi connectivity index (χ1n) is 6.62. The highest BCUT2D eigenvalue weighted by Crippen LogP contribution is 2.15. The van der Waals surface area contributed by atoms with E-state index >= 15 is 0 Å². The van der Waals surface area contributed by atoms with Crippen LogP contribution >= 0.6 is 0 Å². The molecule has 0 bridgehead atoms. The Labute approximate surface area is 123 Å². The second-order valence-electron chi connectivity index (χ2n) is 5.84. The molecule has 7 nitrogen and oxygen atoms in total. The summed E-state index contributed by atoms with van der Waals surface area (Å²) in [5, 5.41) is 22.2. The molecule has 1 rings (SSSR count). The van der Waals surface area contributed by atoms with Crippen molar-refractivity contribution in [1.29, 1.82) is 0 Å². The minimum Gasteiger partial charge on any atom is -0.444 e. The molecule has 1 aromatic rings. The van der Waals surface area contributed by atoms with E-state index in [-0.39, 0.29) is 12.1 Å². The van der Waals surface area contributed by atoms with Gasteiger partial charge in [-0.05, 0) is 39.3 Å². The van der Waals surface area contributed by atoms with E-state index in [0.717, 1.165) is 0 Å². The van der Waals surface area contributed by atoms with Gasteiger partial charge in [0.05, 0.1) is 0 Å². The van der Waals surface area contributed by atoms with Crippen LogP contribution in [-0.2, 0) is 4.74 Å². The van der Waals surface area contributed by atoms with Crippen molar-refractivity contribution in [3.63, 3.8) is 0 Å². The molecule has 1 amide bonds. The summed E-state index contributed by atoms with van der Waals surface area (Å²) < 4.78 is 5.02. The predicted molar refractivity (Wildman–Crippen MR) is 77.0 cm³/mol. The third-order valence-electron chi connectivity index (χ3n) is 2.67. The minimum absolute atomic E-state index is 0.172. The number of hydrogen-bond donors (Lipinski definition) is 4. The van der Waals surface area contributed by atoms with Crippen LogP contribution in [0.15, 0.2) is 17.1 Å². The SMILES string of the molecule is Cc1cc(C(O)C(O)CNC(=O)OC(C)(C)C)c[nH]c1=O. The fourth-order valence-corrected chi connectivity index (χ4v) is 1.63. The van der Waals surface area contributed by atoms with Gasteiger partial charge >= 0.3 is 6.09 Å². The summed E-state index contributed by atoms with van der Waals surface area (Å²) in [4.78, 5) is 25.1. The van der Waals surface area contributed by atoms with Crippen molar-refractivity contribution in [3.05, 3.63) is 33.7 Å². The van der Waals surface area contributed by atoms with Gasteiger partial charge in [0.25, 0.3) is 5.56 Å². The molecule has 0 aromatic carbocycles. The van der Waals surface area contributed by atoms with Gasteiger partial charge in [-0.25, -0.2) is 4.79 Å². The fraction of sp³-hybridized carbons (Fsp3) is 0.571. The average Bonchev–Trinajstić information content (AvgIpc) is 2.36. The Morgan fingerprint density at radius 3 is 2.57 bits per heavy atom. The van der Waals surface area contributed by atoms with Crippen LogP contribution in [0.3, 0.4) is 0 Å². The lowest BCUT2D eigenvalue weighted by Gasteiger charge is -2.22. The van der Waals surface area contributed by atoms with Crippen molar-refractivity contribution in [2.24, 2.45) is 0 Å². The van der Waals surface area contributed by atoms with Crippen LogP contribution in [0.2, 0.25) is 0 Å². The number of aromatic amines is 1. The Balaban J connectivity index is 2.58. The van der Waals surface area contributed by atoms with Gasteiger partial charge in [-0.2, -0.15) is 0 Å². The third kappa shape index (κ3) is 5.57. The number of carbonyl (C=O) groups is 1. The van der Waals surface area contributed by atoms with Crippen molar-refractivity contribution in [1.82, 2.24) is 10.3 Å². The molecule has 1 heterocycles. The van der Waals surface area contributed by atoms with Crippen molar-refractivity contribution in [2.75, 3.05) is 6.54 Å². The molecule has 1 aromatic heterocycles. The number of alkyl carbamates (subject to hydrolysis) is 1. The highest BCUT2D eigenvalue weighted by Gasteiger charge is 2.21. The van der Waals surface area contributed by atoms with Crippen molar-refractivity contribution < 1.29 is 19.7 Å². The number of ether oxygens (including phenoxy) is 1. The molecule has 0 spiro atoms. The molecule has 0 aliphatic heterocycles. The quantitative estimate of drug-likeness (QED) is 0.650. The molecule has 0 radical (unpaired) electrons. The molecule has 21 heavy (non-hydrogen) atoms. The van der Waals surface area contributed by atoms with E-state index in [4.69, 9.17) is 4.74 Å². The summed E-state index contributed by atoms with van der Waals surface area (Å²) in [5.74, 6) is 0. The molecular weight excluding hydrogens is 276 g/mol. The summed E-state index contributed by atoms with van der Waals surface area (Å²) in [6.07, 6.45) is -1.79. The second-order valence-corrected chi connectivity index (χ2v) is 5.84. The zero-order chi connectivity index (χ0) is 16.2. The van der Waals surface area contributed by atoms with Crippen LogP contribution in [0.25, 0.3) is 0 Å². The van der Waals surface area contributed by atoms with Crippen LogP contribution in [0.1, 0.15) is 38.0 Å². The maximum Gasteiger partial charge on any atom is 0.407 e. The van der Waals surface area contributed by atoms with E-state index in [2.05, 4.69) is 10.3 Å². The van der Waals surface area contributed by atoms with E-state index in [1.165, 1.54) is 12.3 Å². The number of H-pyrrole nitrogens is 1. The normalized spacial score (nSPS) is 14.4. The topological polar surface area (TPSA) is 112 Å². The van der Waals surface area contributed by atoms with E-state index < -0.39 is 23.9 Å². The fourth-order valence-electron chi connectivity index (χ4n) is 1.63. The standard InChI is InChI=1S/C14H22N2O5/c1-8-5-9(6-15-12(8)19)11(18)10(17)7-16-13(20)21-14(2,3)4/h5-6,10-11,17-18H,7H2,1-4H3,(H,15,19)(H,16,20). The number of rotatable bonds is 4. The Hall–Kier alpha value is -1.86. The maximum absolute atomic E-state index is 11.4. The van der Waals surface area contributed by atoms with Crippen LogP contribution in [-0.4, -0.2) is 39.5 Å². The summed E-state index contributed by atoms with van der Waals surface area (Å²) in [5.41, 5.74) is -0.0966. The van der Waals surface area contributed by atoms with Crippen molar-refractivity contribution in [3.8, 4) is 0 Å². The zero-order valence-corrected chi connectivity index (χ0v) is 12.6. The molecule has 0 aliphatic rings. The highest BCUT2D eigenvalue weighted by atomic mass is 16.6. The second kappa shape index (κ2) is 6.73. The molecule has 0 saturated carbocycles. The number of aliphatic hydroxyl groups excluding tert-OH is 2. The largest absolute Gasteiger partial charge is 0.444 e. The van der Waals surface area contributed by atoms with Gasteiger partial charge in [-0.3, -0.25) is 4.79 Å². The first kappa shape index (κ1) is 17.2. The average molecular weight is 298 g/mol. The lowest BCUT2D eigenvalue weighted by atomic mass is 10.1. The van der Waals surface area contributed by atoms with Crippen LogP contribution in [0.5, 0.6) is 0 Å². The van der Waals surface area contributed by atoms with Gasteiger partial charge in [-0.1, -0.05) is 0 Å². The Morgan fingerprint density at radius 1 is 1.43 bits per heavy atom. The molecule has 7 heteroatoms. The molecule has 2 unspecified atom stereocenters. The van der Waals surface area contributed by atoms with Gasteiger partial charge in [0, 0.05) is 18.3 Å². The number of amides is 1. The van der Waals surface area contributed by atoms with Gasteiger partial charge < -0.3 is 25.3 Å². The summed E-state index contributed by atoms with van der Waals surface area (Å²) in [7, 11) is 0. The summed E-state index contributed by atoms with van der Waals surface area (Å²) in [6, 6.07) is 1.49. The molecule has 0 saturated heterocycles. The van der Waals surface area contributed by atoms with E-state index in [0.29, 0.717) is 11.1 Å². The van der Waals surface area contributed by atoms with Gasteiger partial charge in [-0.15, -0.1) is 0 Å². The Kier molecular flexibility index (Phi) is 5.51. The number of pyridine rings is 1. The first-order chi connectivity index (χ1) is 9.60. The number of aliphatic hydroxyl groups is 2. The number of nitrogens with one attached hydrogen (secondary N) is 2. The van der Waals surface area contributed by atoms with Crippen LogP contribution < -0.4 is 10.9 Å². The maximum atomic E-state index is 11.4. The highest BCUT2D eigenvalue weighted by molar-refractivity contribution is 5.67. The Morgan fingerprint density at radius 2 is 2.05 bits per heavy atom. The van der Waals surface area contributed by atoms with Crippen molar-refractivity contribution in [2.45, 2.75) is 45.5 Å². The number of aryl methyl sites for hydroxylation is 1. The number of hydrogen-bond acceptors (Lipinski definition) is 5. The van der Waals surface area contributed by atoms with Crippen LogP contribution in [0.4, 0.5) is 4.79 Å². The van der Waals surface area contributed by atoms with E-state index in [9.17, 15) is 19.8 Å². The van der Waals surface area contributed by atoms with Gasteiger partial charge in [0.2, 0.25) is 0 Å². The molecule has 0 aliphatic carbocycles. The molecule has 4 N–H and O–H groups in total. The smallest absolute Gasteiger partial charge is 0.407 e. The molecule has 0 fully saturated rings. The zero-order valence-electron chi connectivity index (χ0n) is 12.6. The van der Waals surface area contributed by atoms with Crippen LogP contribution in [0, 0.1) is 6.92 Å². The number of carbonyl (C=O) groups excluding carboxylic acids is 1. The Bertz CT molecular complexity index is 547. The molecule has 118 valence electrons. The lowest BCUT2D eigenvalue weighted by molar-refractivity contribution is 0.0127. The minimum atomic E-state index is -1.23. The molecule has 2 atom stereocenters. The first-order valence-corrected chi connectivity index (χ1v) is 6.62. The predicted octanol–water partition coefficient (Wildman–Crippen LogP) is 0.602. The summed E-state index contributed by atoms with van der Waals surface area (Å²) >= 11 is 0. The summed E-state index contributed by atoms with van der Waals surface area (Å²) in [6.45, 7) is 6.59. The third-order valence-corrected chi connectivity index (χ3v) is 2.67. The van der Waals surface area contributed by atoms with E-state index in [1.807, 2.05) is 0 Å². The van der Waals surface area contributed by atoms with Crippen molar-refractivity contribution >= 4 is 6.09 Å². The van der Waals surface area contributed by atoms with E-state index in [1.54, 1.807) is 27.7 Å². The number of aromatic nitrogens is 1. The van der Waals surface area contributed by atoms with Gasteiger partial charge in [0.15, 0.2) is 0 Å². The molecular formula is C14H22N2O5. The monoisotopic (exact) mass is 298 g/mol. The van der Waals surface area contributed by atoms with Gasteiger partial charge in [0.1, 0.15) is 17.8 Å². The lowest BCUT2D eigenvalue weighted by Crippen LogP contribution is -2.39.